The van der Waals surface area contributed by atoms with Gasteiger partial charge in [-0.25, -0.2) is 4.79 Å². The Morgan fingerprint density at radius 2 is 2.00 bits per heavy atom. The van der Waals surface area contributed by atoms with E-state index in [9.17, 15) is 14.7 Å². The first-order valence-electron chi connectivity index (χ1n) is 6.86. The van der Waals surface area contributed by atoms with Crippen molar-refractivity contribution in [3.63, 3.8) is 0 Å². The maximum absolute atomic E-state index is 12.8. The minimum atomic E-state index is -0.985. The third kappa shape index (κ3) is 1.89. The van der Waals surface area contributed by atoms with Crippen LogP contribution < -0.4 is 10.6 Å². The average Bonchev–Trinajstić information content (AvgIpc) is 3.19. The highest BCUT2D eigenvalue weighted by atomic mass is 16.4. The largest absolute Gasteiger partial charge is 0.480 e. The molecule has 1 saturated carbocycles. The van der Waals surface area contributed by atoms with Crippen molar-refractivity contribution >= 4 is 17.6 Å². The van der Waals surface area contributed by atoms with Gasteiger partial charge in [-0.3, -0.25) is 9.69 Å². The highest BCUT2D eigenvalue weighted by molar-refractivity contribution is 6.06. The zero-order valence-electron chi connectivity index (χ0n) is 11.4. The summed E-state index contributed by atoms with van der Waals surface area (Å²) in [4.78, 5) is 25.6. The van der Waals surface area contributed by atoms with Crippen LogP contribution in [0.25, 0.3) is 0 Å². The highest BCUT2D eigenvalue weighted by Gasteiger charge is 2.50. The van der Waals surface area contributed by atoms with E-state index in [0.717, 1.165) is 18.4 Å². The Morgan fingerprint density at radius 1 is 1.35 bits per heavy atom. The van der Waals surface area contributed by atoms with E-state index in [4.69, 9.17) is 5.73 Å². The first kappa shape index (κ1) is 13.1. The molecule has 20 heavy (non-hydrogen) atoms. The van der Waals surface area contributed by atoms with Crippen LogP contribution in [-0.2, 0) is 16.0 Å². The van der Waals surface area contributed by atoms with Crippen LogP contribution in [0, 0.1) is 5.92 Å². The van der Waals surface area contributed by atoms with Crippen LogP contribution in [0.1, 0.15) is 25.3 Å². The maximum atomic E-state index is 12.8. The number of carbonyl (C=O) groups is 2. The van der Waals surface area contributed by atoms with Crippen LogP contribution >= 0.6 is 0 Å². The zero-order chi connectivity index (χ0) is 14.5. The van der Waals surface area contributed by atoms with E-state index in [1.807, 2.05) is 18.2 Å². The van der Waals surface area contributed by atoms with Crippen molar-refractivity contribution in [3.8, 4) is 0 Å². The van der Waals surface area contributed by atoms with Gasteiger partial charge in [0.05, 0.1) is 5.54 Å². The minimum Gasteiger partial charge on any atom is -0.480 e. The van der Waals surface area contributed by atoms with Crippen LogP contribution in [0.4, 0.5) is 5.69 Å². The number of carboxylic acids is 1. The van der Waals surface area contributed by atoms with E-state index in [1.54, 1.807) is 13.0 Å². The molecular formula is C15H18N2O3. The summed E-state index contributed by atoms with van der Waals surface area (Å²) in [5.41, 5.74) is 6.77. The SMILES string of the molecule is CC(N)(C(=O)N1c2ccccc2CC1C(=O)O)C1CC1. The predicted octanol–water partition coefficient (Wildman–Crippen LogP) is 1.16. The lowest BCUT2D eigenvalue weighted by molar-refractivity contribution is -0.140. The molecule has 1 aliphatic carbocycles. The molecular weight excluding hydrogens is 256 g/mol. The number of nitrogens with two attached hydrogens (primary N) is 1. The number of anilines is 1. The van der Waals surface area contributed by atoms with Crippen LogP contribution in [0.15, 0.2) is 24.3 Å². The second kappa shape index (κ2) is 4.31. The molecule has 1 aromatic rings. The number of hydrogen-bond acceptors (Lipinski definition) is 3. The lowest BCUT2D eigenvalue weighted by Gasteiger charge is -2.32. The molecule has 0 radical (unpaired) electrons. The maximum Gasteiger partial charge on any atom is 0.327 e. The van der Waals surface area contributed by atoms with E-state index in [0.29, 0.717) is 12.1 Å². The van der Waals surface area contributed by atoms with Crippen molar-refractivity contribution < 1.29 is 14.7 Å². The fourth-order valence-electron chi connectivity index (χ4n) is 2.95. The fourth-order valence-corrected chi connectivity index (χ4v) is 2.95. The third-order valence-electron chi connectivity index (χ3n) is 4.37. The van der Waals surface area contributed by atoms with E-state index in [1.165, 1.54) is 4.90 Å². The molecule has 5 nitrogen and oxygen atoms in total. The van der Waals surface area contributed by atoms with E-state index >= 15 is 0 Å². The Labute approximate surface area is 117 Å². The quantitative estimate of drug-likeness (QED) is 0.866. The summed E-state index contributed by atoms with van der Waals surface area (Å²) in [6, 6.07) is 6.48. The number of carboxylic acid groups (broad SMARTS) is 1. The van der Waals surface area contributed by atoms with Crippen molar-refractivity contribution in [1.82, 2.24) is 0 Å². The third-order valence-corrected chi connectivity index (χ3v) is 4.37. The van der Waals surface area contributed by atoms with Gasteiger partial charge in [0.25, 0.3) is 0 Å². The molecule has 3 N–H and O–H groups in total. The standard InChI is InChI=1S/C15H18N2O3/c1-15(16,10-6-7-10)14(20)17-11-5-3-2-4-9(11)8-12(17)13(18)19/h2-5,10,12H,6-8,16H2,1H3,(H,18,19). The summed E-state index contributed by atoms with van der Waals surface area (Å²) in [5, 5.41) is 9.39. The van der Waals surface area contributed by atoms with Crippen molar-refractivity contribution in [2.45, 2.75) is 37.8 Å². The molecule has 1 amide bonds. The van der Waals surface area contributed by atoms with Crippen LogP contribution in [-0.4, -0.2) is 28.6 Å². The van der Waals surface area contributed by atoms with E-state index in [2.05, 4.69) is 0 Å². The van der Waals surface area contributed by atoms with Gasteiger partial charge >= 0.3 is 5.97 Å². The molecule has 1 aliphatic heterocycles. The van der Waals surface area contributed by atoms with Crippen LogP contribution in [0.2, 0.25) is 0 Å². The summed E-state index contributed by atoms with van der Waals surface area (Å²) < 4.78 is 0. The van der Waals surface area contributed by atoms with Gasteiger partial charge in [-0.15, -0.1) is 0 Å². The van der Waals surface area contributed by atoms with Crippen LogP contribution in [0.5, 0.6) is 0 Å². The number of nitrogens with zero attached hydrogens (tertiary/aromatic N) is 1. The number of amides is 1. The Kier molecular flexibility index (Phi) is 2.83. The molecule has 0 bridgehead atoms. The Morgan fingerprint density at radius 3 is 2.60 bits per heavy atom. The molecule has 5 heteroatoms. The number of rotatable bonds is 3. The summed E-state index contributed by atoms with van der Waals surface area (Å²) in [6.45, 7) is 1.72. The molecule has 2 unspecified atom stereocenters. The molecule has 106 valence electrons. The Bertz CT molecular complexity index is 578. The van der Waals surface area contributed by atoms with Gasteiger partial charge in [-0.1, -0.05) is 18.2 Å². The van der Waals surface area contributed by atoms with Gasteiger partial charge in [0.2, 0.25) is 5.91 Å². The number of para-hydroxylation sites is 1. The molecule has 0 aromatic heterocycles. The normalized spacial score (nSPS) is 24.1. The van der Waals surface area contributed by atoms with Crippen molar-refractivity contribution in [3.05, 3.63) is 29.8 Å². The van der Waals surface area contributed by atoms with Gasteiger partial charge in [0.1, 0.15) is 6.04 Å². The minimum absolute atomic E-state index is 0.164. The number of fused-ring (bicyclic) bond motifs is 1. The van der Waals surface area contributed by atoms with Crippen molar-refractivity contribution in [1.29, 1.82) is 0 Å². The number of aliphatic carboxylic acids is 1. The van der Waals surface area contributed by atoms with Gasteiger partial charge in [-0.2, -0.15) is 0 Å². The molecule has 3 rings (SSSR count). The molecule has 1 fully saturated rings. The Balaban J connectivity index is 2.00. The number of benzene rings is 1. The lowest BCUT2D eigenvalue weighted by Crippen LogP contribution is -2.58. The summed E-state index contributed by atoms with van der Waals surface area (Å²) in [6.07, 6.45) is 2.22. The molecule has 0 saturated heterocycles. The second-order valence-electron chi connectivity index (χ2n) is 5.92. The summed E-state index contributed by atoms with van der Waals surface area (Å²) in [7, 11) is 0. The predicted molar refractivity (Wildman–Crippen MR) is 74.4 cm³/mol. The summed E-state index contributed by atoms with van der Waals surface area (Å²) in [5.74, 6) is -1.10. The van der Waals surface area contributed by atoms with E-state index < -0.39 is 17.6 Å². The number of carbonyl (C=O) groups excluding carboxylic acids is 1. The van der Waals surface area contributed by atoms with Crippen LogP contribution in [0.3, 0.4) is 0 Å². The molecule has 1 heterocycles. The second-order valence-corrected chi connectivity index (χ2v) is 5.92. The lowest BCUT2D eigenvalue weighted by atomic mass is 9.94. The highest BCUT2D eigenvalue weighted by Crippen LogP contribution is 2.41. The monoisotopic (exact) mass is 274 g/mol. The van der Waals surface area contributed by atoms with Gasteiger partial charge in [0, 0.05) is 12.1 Å². The van der Waals surface area contributed by atoms with Gasteiger partial charge in [-0.05, 0) is 37.3 Å². The van der Waals surface area contributed by atoms with Gasteiger partial charge < -0.3 is 10.8 Å². The molecule has 2 aliphatic rings. The molecule has 0 spiro atoms. The molecule has 2 atom stereocenters. The number of hydrogen-bond donors (Lipinski definition) is 2. The topological polar surface area (TPSA) is 83.6 Å². The first-order valence-corrected chi connectivity index (χ1v) is 6.86. The van der Waals surface area contributed by atoms with Crippen molar-refractivity contribution in [2.24, 2.45) is 11.7 Å². The average molecular weight is 274 g/mol. The van der Waals surface area contributed by atoms with Gasteiger partial charge in [0.15, 0.2) is 0 Å². The van der Waals surface area contributed by atoms with E-state index in [-0.39, 0.29) is 11.8 Å². The Hall–Kier alpha value is -1.88. The fraction of sp³-hybridized carbons (Fsp3) is 0.467. The molecule has 1 aromatic carbocycles. The zero-order valence-corrected chi connectivity index (χ0v) is 11.4. The smallest absolute Gasteiger partial charge is 0.327 e. The van der Waals surface area contributed by atoms with Crippen molar-refractivity contribution in [2.75, 3.05) is 4.90 Å². The first-order chi connectivity index (χ1) is 9.43. The summed E-state index contributed by atoms with van der Waals surface area (Å²) >= 11 is 0.